The third-order valence-corrected chi connectivity index (χ3v) is 4.22. The highest BCUT2D eigenvalue weighted by Gasteiger charge is 2.37. The van der Waals surface area contributed by atoms with Crippen molar-refractivity contribution in [2.75, 3.05) is 6.61 Å². The van der Waals surface area contributed by atoms with E-state index in [1.54, 1.807) is 12.1 Å². The van der Waals surface area contributed by atoms with Crippen molar-refractivity contribution < 1.29 is 19.0 Å². The molecule has 3 atom stereocenters. The highest BCUT2D eigenvalue weighted by Crippen LogP contribution is 2.30. The number of aliphatic hydroxyl groups is 1. The Morgan fingerprint density at radius 2 is 2.08 bits per heavy atom. The number of halogens is 2. The number of hydrogen-bond donors (Lipinski definition) is 2. The molecule has 0 spiro atoms. The summed E-state index contributed by atoms with van der Waals surface area (Å²) in [5, 5.41) is 10.1. The van der Waals surface area contributed by atoms with Gasteiger partial charge in [0, 0.05) is 11.4 Å². The summed E-state index contributed by atoms with van der Waals surface area (Å²) in [4.78, 5) is 24.8. The number of ether oxygens (including phenoxy) is 2. The Hall–Kier alpha value is -2.00. The summed E-state index contributed by atoms with van der Waals surface area (Å²) in [6.07, 6.45) is -0.982. The van der Waals surface area contributed by atoms with Crippen LogP contribution >= 0.6 is 11.6 Å². The van der Waals surface area contributed by atoms with Gasteiger partial charge in [0.25, 0.3) is 5.56 Å². The average Bonchev–Trinajstić information content (AvgIpc) is 3.00. The molecule has 1 fully saturated rings. The number of nitrogens with zero attached hydrogens (tertiary/aromatic N) is 1. The summed E-state index contributed by atoms with van der Waals surface area (Å²) in [6.45, 7) is -0.0499. The van der Waals surface area contributed by atoms with E-state index in [-0.39, 0.29) is 19.6 Å². The van der Waals surface area contributed by atoms with E-state index in [2.05, 4.69) is 0 Å². The number of aliphatic hydroxyl groups excluding tert-OH is 1. The molecule has 0 amide bonds. The number of hydrogen-bond acceptors (Lipinski definition) is 5. The van der Waals surface area contributed by atoms with Gasteiger partial charge in [-0.3, -0.25) is 14.3 Å². The second kappa shape index (κ2) is 7.49. The van der Waals surface area contributed by atoms with Crippen LogP contribution in [0.3, 0.4) is 0 Å². The van der Waals surface area contributed by atoms with Crippen molar-refractivity contribution in [2.24, 2.45) is 0 Å². The van der Waals surface area contributed by atoms with Crippen molar-refractivity contribution in [1.82, 2.24) is 9.55 Å². The normalized spacial score (nSPS) is 23.1. The van der Waals surface area contributed by atoms with Crippen LogP contribution in [-0.4, -0.2) is 33.5 Å². The number of aromatic amines is 1. The molecule has 0 saturated carbocycles. The second-order valence-electron chi connectivity index (χ2n) is 5.67. The molecule has 0 radical (unpaired) electrons. The molecule has 1 aromatic heterocycles. The smallest absolute Gasteiger partial charge is 0.330 e. The SMILES string of the molecule is O=c1[nH]c(=O)n([C@H]2C[C@H](OCc3ccc(Cl)cc3)[C@@H](CO)O2)cc1F. The molecule has 25 heavy (non-hydrogen) atoms. The quantitative estimate of drug-likeness (QED) is 0.824. The zero-order chi connectivity index (χ0) is 18.0. The molecular weight excluding hydrogens is 355 g/mol. The van der Waals surface area contributed by atoms with E-state index in [1.807, 2.05) is 17.1 Å². The molecule has 9 heteroatoms. The van der Waals surface area contributed by atoms with Crippen molar-refractivity contribution in [3.8, 4) is 0 Å². The molecule has 134 valence electrons. The summed E-state index contributed by atoms with van der Waals surface area (Å²) in [7, 11) is 0. The van der Waals surface area contributed by atoms with Crippen LogP contribution in [0.1, 0.15) is 18.2 Å². The number of aromatic nitrogens is 2. The molecular formula is C16H16ClFN2O5. The van der Waals surface area contributed by atoms with Gasteiger partial charge in [-0.05, 0) is 17.7 Å². The molecule has 0 unspecified atom stereocenters. The third-order valence-electron chi connectivity index (χ3n) is 3.97. The first-order valence-electron chi connectivity index (χ1n) is 7.61. The fourth-order valence-corrected chi connectivity index (χ4v) is 2.80. The Morgan fingerprint density at radius 3 is 2.76 bits per heavy atom. The summed E-state index contributed by atoms with van der Waals surface area (Å²) in [6, 6.07) is 7.09. The molecule has 2 aromatic rings. The van der Waals surface area contributed by atoms with Crippen molar-refractivity contribution in [2.45, 2.75) is 31.5 Å². The summed E-state index contributed by atoms with van der Waals surface area (Å²) >= 11 is 5.83. The number of rotatable bonds is 5. The van der Waals surface area contributed by atoms with Crippen molar-refractivity contribution in [1.29, 1.82) is 0 Å². The molecule has 0 aliphatic carbocycles. The van der Waals surface area contributed by atoms with Crippen molar-refractivity contribution in [3.05, 3.63) is 67.7 Å². The lowest BCUT2D eigenvalue weighted by Crippen LogP contribution is -2.34. The largest absolute Gasteiger partial charge is 0.394 e. The maximum absolute atomic E-state index is 13.4. The number of benzene rings is 1. The first kappa shape index (κ1) is 17.8. The van der Waals surface area contributed by atoms with Gasteiger partial charge in [0.2, 0.25) is 5.82 Å². The molecule has 1 saturated heterocycles. The first-order valence-corrected chi connectivity index (χ1v) is 7.99. The number of nitrogens with one attached hydrogen (secondary N) is 1. The Kier molecular flexibility index (Phi) is 5.33. The minimum absolute atomic E-state index is 0.226. The molecule has 1 aliphatic heterocycles. The predicted octanol–water partition coefficient (Wildman–Crippen LogP) is 1.19. The lowest BCUT2D eigenvalue weighted by molar-refractivity contribution is -0.0659. The Morgan fingerprint density at radius 1 is 1.36 bits per heavy atom. The minimum atomic E-state index is -1.09. The molecule has 1 aliphatic rings. The van der Waals surface area contributed by atoms with Crippen LogP contribution in [0, 0.1) is 5.82 Å². The van der Waals surface area contributed by atoms with E-state index < -0.39 is 35.5 Å². The standard InChI is InChI=1S/C16H16ClFN2O5/c17-10-3-1-9(2-4-10)8-24-12-5-14(25-13(12)7-21)20-6-11(18)15(22)19-16(20)23/h1-4,6,12-14,21H,5,7-8H2,(H,19,22,23)/t12-,13+,14+/m0/s1. The first-order chi connectivity index (χ1) is 12.0. The van der Waals surface area contributed by atoms with Crippen LogP contribution in [0.4, 0.5) is 4.39 Å². The van der Waals surface area contributed by atoms with E-state index >= 15 is 0 Å². The third kappa shape index (κ3) is 3.98. The predicted molar refractivity (Wildman–Crippen MR) is 86.9 cm³/mol. The van der Waals surface area contributed by atoms with E-state index in [9.17, 15) is 19.1 Å². The van der Waals surface area contributed by atoms with E-state index in [1.165, 1.54) is 0 Å². The van der Waals surface area contributed by atoms with Crippen LogP contribution < -0.4 is 11.2 Å². The van der Waals surface area contributed by atoms with Crippen LogP contribution in [0.25, 0.3) is 0 Å². The second-order valence-corrected chi connectivity index (χ2v) is 6.10. The van der Waals surface area contributed by atoms with Gasteiger partial charge in [-0.15, -0.1) is 0 Å². The van der Waals surface area contributed by atoms with Crippen molar-refractivity contribution in [3.63, 3.8) is 0 Å². The molecule has 3 rings (SSSR count). The van der Waals surface area contributed by atoms with Gasteiger partial charge in [-0.2, -0.15) is 4.39 Å². The molecule has 2 N–H and O–H groups in total. The average molecular weight is 371 g/mol. The minimum Gasteiger partial charge on any atom is -0.394 e. The highest BCUT2D eigenvalue weighted by atomic mass is 35.5. The molecule has 1 aromatic carbocycles. The zero-order valence-electron chi connectivity index (χ0n) is 13.0. The Balaban J connectivity index is 1.72. The van der Waals surface area contributed by atoms with Gasteiger partial charge >= 0.3 is 5.69 Å². The molecule has 0 bridgehead atoms. The maximum Gasteiger partial charge on any atom is 0.330 e. The van der Waals surface area contributed by atoms with Crippen LogP contribution in [0.2, 0.25) is 5.02 Å². The van der Waals surface area contributed by atoms with Gasteiger partial charge in [0.15, 0.2) is 0 Å². The molecule has 7 nitrogen and oxygen atoms in total. The van der Waals surface area contributed by atoms with Gasteiger partial charge in [-0.25, -0.2) is 4.79 Å². The van der Waals surface area contributed by atoms with Gasteiger partial charge < -0.3 is 14.6 Å². The Bertz CT molecular complexity index is 851. The zero-order valence-corrected chi connectivity index (χ0v) is 13.8. The van der Waals surface area contributed by atoms with Crippen molar-refractivity contribution >= 4 is 11.6 Å². The summed E-state index contributed by atoms with van der Waals surface area (Å²) in [5.74, 6) is -1.09. The maximum atomic E-state index is 13.4. The van der Waals surface area contributed by atoms with Crippen LogP contribution in [0.5, 0.6) is 0 Å². The lowest BCUT2D eigenvalue weighted by Gasteiger charge is -2.16. The topological polar surface area (TPSA) is 93.6 Å². The monoisotopic (exact) mass is 370 g/mol. The molecule has 2 heterocycles. The number of H-pyrrole nitrogens is 1. The lowest BCUT2D eigenvalue weighted by atomic mass is 10.1. The highest BCUT2D eigenvalue weighted by molar-refractivity contribution is 6.30. The summed E-state index contributed by atoms with van der Waals surface area (Å²) in [5.41, 5.74) is -0.989. The summed E-state index contributed by atoms with van der Waals surface area (Å²) < 4.78 is 25.7. The van der Waals surface area contributed by atoms with Gasteiger partial charge in [0.1, 0.15) is 12.3 Å². The van der Waals surface area contributed by atoms with Gasteiger partial charge in [-0.1, -0.05) is 23.7 Å². The fourth-order valence-electron chi connectivity index (χ4n) is 2.67. The van der Waals surface area contributed by atoms with E-state index in [4.69, 9.17) is 21.1 Å². The fraction of sp³-hybridized carbons (Fsp3) is 0.375. The van der Waals surface area contributed by atoms with Crippen LogP contribution in [0.15, 0.2) is 40.1 Å². The van der Waals surface area contributed by atoms with E-state index in [0.29, 0.717) is 5.02 Å². The van der Waals surface area contributed by atoms with Crippen LogP contribution in [-0.2, 0) is 16.1 Å². The van der Waals surface area contributed by atoms with E-state index in [0.717, 1.165) is 16.3 Å². The Labute approximate surface area is 146 Å². The van der Waals surface area contributed by atoms with Gasteiger partial charge in [0.05, 0.1) is 25.5 Å².